The molecule has 6 heteroatoms. The number of hydrogen-bond donors (Lipinski definition) is 0. The number of carbonyl (C=O) groups is 1. The Kier molecular flexibility index (Phi) is 5.28. The van der Waals surface area contributed by atoms with E-state index in [1.165, 1.54) is 10.6 Å². The van der Waals surface area contributed by atoms with E-state index in [9.17, 15) is 13.2 Å². The number of fused-ring (bicyclic) bond motifs is 1. The Morgan fingerprint density at radius 1 is 1.33 bits per heavy atom. The maximum atomic E-state index is 12.7. The van der Waals surface area contributed by atoms with Gasteiger partial charge in [0.2, 0.25) is 10.0 Å². The second-order valence-electron chi connectivity index (χ2n) is 7.35. The van der Waals surface area contributed by atoms with Crippen molar-refractivity contribution in [2.45, 2.75) is 52.6 Å². The standard InChI is InChI=1S/C18H28N2O3S/c1-12(2)9-13(3)19(5)18(21)15-7-8-17-16(11-15)10-14(4)20(17)24(6,22)23/h7-8,11-14H,9-10H2,1-6H3/t13-,14+/m1/s1. The molecule has 2 atom stereocenters. The Morgan fingerprint density at radius 2 is 1.96 bits per heavy atom. The van der Waals surface area contributed by atoms with E-state index in [-0.39, 0.29) is 18.0 Å². The van der Waals surface area contributed by atoms with Crippen LogP contribution in [0.3, 0.4) is 0 Å². The third-order valence-electron chi connectivity index (χ3n) is 4.63. The minimum Gasteiger partial charge on any atom is -0.339 e. The predicted molar refractivity (Wildman–Crippen MR) is 97.9 cm³/mol. The van der Waals surface area contributed by atoms with Crippen LogP contribution in [0.25, 0.3) is 0 Å². The van der Waals surface area contributed by atoms with Crippen LogP contribution in [-0.2, 0) is 16.4 Å². The van der Waals surface area contributed by atoms with Gasteiger partial charge in [-0.2, -0.15) is 0 Å². The summed E-state index contributed by atoms with van der Waals surface area (Å²) in [4.78, 5) is 14.5. The van der Waals surface area contributed by atoms with Gasteiger partial charge in [-0.05, 0) is 56.4 Å². The average molecular weight is 353 g/mol. The highest BCUT2D eigenvalue weighted by atomic mass is 32.2. The molecule has 1 aliphatic rings. The smallest absolute Gasteiger partial charge is 0.253 e. The fraction of sp³-hybridized carbons (Fsp3) is 0.611. The van der Waals surface area contributed by atoms with Crippen LogP contribution in [0.5, 0.6) is 0 Å². The Bertz CT molecular complexity index is 728. The molecule has 0 unspecified atom stereocenters. The van der Waals surface area contributed by atoms with E-state index in [1.807, 2.05) is 20.0 Å². The predicted octanol–water partition coefficient (Wildman–Crippen LogP) is 2.90. The first-order valence-corrected chi connectivity index (χ1v) is 10.3. The summed E-state index contributed by atoms with van der Waals surface area (Å²) in [7, 11) is -1.48. The second kappa shape index (κ2) is 6.75. The fourth-order valence-corrected chi connectivity index (χ4v) is 4.75. The quantitative estimate of drug-likeness (QED) is 0.819. The molecule has 5 nitrogen and oxygen atoms in total. The van der Waals surface area contributed by atoms with Crippen LogP contribution in [0, 0.1) is 5.92 Å². The number of benzene rings is 1. The molecule has 24 heavy (non-hydrogen) atoms. The third-order valence-corrected chi connectivity index (χ3v) is 5.90. The molecule has 1 heterocycles. The molecule has 0 N–H and O–H groups in total. The van der Waals surface area contributed by atoms with Gasteiger partial charge in [-0.1, -0.05) is 13.8 Å². The molecule has 1 amide bonds. The van der Waals surface area contributed by atoms with Crippen molar-refractivity contribution >= 4 is 21.6 Å². The Morgan fingerprint density at radius 3 is 2.50 bits per heavy atom. The van der Waals surface area contributed by atoms with Gasteiger partial charge in [-0.3, -0.25) is 9.10 Å². The zero-order chi connectivity index (χ0) is 18.2. The molecule has 1 aliphatic heterocycles. The average Bonchev–Trinajstić information content (AvgIpc) is 2.79. The Balaban J connectivity index is 2.27. The van der Waals surface area contributed by atoms with Crippen LogP contribution in [0.2, 0.25) is 0 Å². The number of carbonyl (C=O) groups excluding carboxylic acids is 1. The molecule has 0 aromatic heterocycles. The largest absolute Gasteiger partial charge is 0.339 e. The SMILES string of the molecule is CC(C)C[C@@H](C)N(C)C(=O)c1ccc2c(c1)C[C@H](C)N2S(C)(=O)=O. The summed E-state index contributed by atoms with van der Waals surface area (Å²) in [6, 6.07) is 5.39. The van der Waals surface area contributed by atoms with Crippen molar-refractivity contribution in [1.82, 2.24) is 4.90 Å². The van der Waals surface area contributed by atoms with Gasteiger partial charge >= 0.3 is 0 Å². The van der Waals surface area contributed by atoms with Crippen molar-refractivity contribution in [2.75, 3.05) is 17.6 Å². The maximum absolute atomic E-state index is 12.7. The van der Waals surface area contributed by atoms with E-state index < -0.39 is 10.0 Å². The van der Waals surface area contributed by atoms with Gasteiger partial charge in [0.1, 0.15) is 0 Å². The molecule has 0 radical (unpaired) electrons. The fourth-order valence-electron chi connectivity index (χ4n) is 3.49. The van der Waals surface area contributed by atoms with Crippen molar-refractivity contribution in [1.29, 1.82) is 0 Å². The van der Waals surface area contributed by atoms with Crippen molar-refractivity contribution in [3.63, 3.8) is 0 Å². The zero-order valence-corrected chi connectivity index (χ0v) is 16.2. The van der Waals surface area contributed by atoms with Gasteiger partial charge in [0.05, 0.1) is 11.9 Å². The molecule has 134 valence electrons. The van der Waals surface area contributed by atoms with Gasteiger partial charge < -0.3 is 4.90 Å². The summed E-state index contributed by atoms with van der Waals surface area (Å²) < 4.78 is 25.4. The van der Waals surface area contributed by atoms with Crippen LogP contribution < -0.4 is 4.31 Å². The first kappa shape index (κ1) is 18.8. The summed E-state index contributed by atoms with van der Waals surface area (Å²) in [5.41, 5.74) is 2.23. The number of anilines is 1. The van der Waals surface area contributed by atoms with E-state index in [4.69, 9.17) is 0 Å². The molecule has 0 bridgehead atoms. The van der Waals surface area contributed by atoms with E-state index in [2.05, 4.69) is 20.8 Å². The molecular formula is C18H28N2O3S. The van der Waals surface area contributed by atoms with E-state index >= 15 is 0 Å². The first-order valence-electron chi connectivity index (χ1n) is 8.41. The summed E-state index contributed by atoms with van der Waals surface area (Å²) in [5, 5.41) is 0. The molecule has 0 spiro atoms. The van der Waals surface area contributed by atoms with Gasteiger partial charge in [0, 0.05) is 24.7 Å². The van der Waals surface area contributed by atoms with Crippen LogP contribution in [0.15, 0.2) is 18.2 Å². The van der Waals surface area contributed by atoms with Crippen LogP contribution >= 0.6 is 0 Å². The highest BCUT2D eigenvalue weighted by Crippen LogP contribution is 2.35. The number of amides is 1. The van der Waals surface area contributed by atoms with Crippen LogP contribution in [0.4, 0.5) is 5.69 Å². The minimum absolute atomic E-state index is 0.0172. The lowest BCUT2D eigenvalue weighted by Crippen LogP contribution is -2.36. The summed E-state index contributed by atoms with van der Waals surface area (Å²) in [6.07, 6.45) is 2.81. The number of sulfonamides is 1. The Hall–Kier alpha value is -1.56. The maximum Gasteiger partial charge on any atom is 0.253 e. The topological polar surface area (TPSA) is 57.7 Å². The van der Waals surface area contributed by atoms with Crippen LogP contribution in [-0.4, -0.2) is 44.6 Å². The van der Waals surface area contributed by atoms with E-state index in [0.717, 1.165) is 12.0 Å². The lowest BCUT2D eigenvalue weighted by atomic mass is 10.0. The summed E-state index contributed by atoms with van der Waals surface area (Å²) in [6.45, 7) is 8.23. The lowest BCUT2D eigenvalue weighted by molar-refractivity contribution is 0.0728. The second-order valence-corrected chi connectivity index (χ2v) is 9.21. The summed E-state index contributed by atoms with van der Waals surface area (Å²) >= 11 is 0. The number of rotatable bonds is 5. The van der Waals surface area contributed by atoms with Crippen LogP contribution in [0.1, 0.15) is 50.0 Å². The van der Waals surface area contributed by atoms with Gasteiger partial charge in [-0.25, -0.2) is 8.42 Å². The molecule has 0 fully saturated rings. The molecule has 1 aromatic rings. The third kappa shape index (κ3) is 3.74. The van der Waals surface area contributed by atoms with E-state index in [1.54, 1.807) is 17.0 Å². The molecule has 0 aliphatic carbocycles. The molecule has 2 rings (SSSR count). The number of nitrogens with zero attached hydrogens (tertiary/aromatic N) is 2. The molecule has 0 saturated carbocycles. The van der Waals surface area contributed by atoms with Gasteiger partial charge in [-0.15, -0.1) is 0 Å². The number of hydrogen-bond acceptors (Lipinski definition) is 3. The Labute approximate surface area is 145 Å². The monoisotopic (exact) mass is 352 g/mol. The highest BCUT2D eigenvalue weighted by Gasteiger charge is 2.33. The molecule has 1 aromatic carbocycles. The first-order chi connectivity index (χ1) is 11.0. The van der Waals surface area contributed by atoms with E-state index in [0.29, 0.717) is 23.6 Å². The highest BCUT2D eigenvalue weighted by molar-refractivity contribution is 7.92. The lowest BCUT2D eigenvalue weighted by Gasteiger charge is -2.26. The van der Waals surface area contributed by atoms with Gasteiger partial charge in [0.15, 0.2) is 0 Å². The molecule has 0 saturated heterocycles. The van der Waals surface area contributed by atoms with Crippen molar-refractivity contribution < 1.29 is 13.2 Å². The van der Waals surface area contributed by atoms with Gasteiger partial charge in [0.25, 0.3) is 5.91 Å². The van der Waals surface area contributed by atoms with Crippen molar-refractivity contribution in [2.24, 2.45) is 5.92 Å². The molecular weight excluding hydrogens is 324 g/mol. The minimum atomic E-state index is -3.30. The zero-order valence-electron chi connectivity index (χ0n) is 15.4. The van der Waals surface area contributed by atoms with Crippen molar-refractivity contribution in [3.8, 4) is 0 Å². The van der Waals surface area contributed by atoms with Crippen molar-refractivity contribution in [3.05, 3.63) is 29.3 Å². The summed E-state index contributed by atoms with van der Waals surface area (Å²) in [5.74, 6) is 0.510. The normalized spacial score (nSPS) is 18.6.